The van der Waals surface area contributed by atoms with Crippen LogP contribution in [0.4, 0.5) is 5.69 Å². The fraction of sp³-hybridized carbons (Fsp3) is 0.133. The smallest absolute Gasteiger partial charge is 0.212 e. The van der Waals surface area contributed by atoms with Crippen LogP contribution >= 0.6 is 11.8 Å². The summed E-state index contributed by atoms with van der Waals surface area (Å²) >= 11 is 1.52. The number of ether oxygens (including phenoxy) is 1. The first-order chi connectivity index (χ1) is 10.3. The lowest BCUT2D eigenvalue weighted by Gasteiger charge is -2.14. The molecule has 0 unspecified atom stereocenters. The van der Waals surface area contributed by atoms with E-state index in [0.29, 0.717) is 17.0 Å². The molecule has 21 heavy (non-hydrogen) atoms. The Kier molecular flexibility index (Phi) is 3.87. The average molecular weight is 299 g/mol. The number of carbonyl (C=O) groups is 1. The van der Waals surface area contributed by atoms with Gasteiger partial charge in [0.25, 0.3) is 0 Å². The zero-order chi connectivity index (χ0) is 14.7. The third-order valence-electron chi connectivity index (χ3n) is 3.03. The van der Waals surface area contributed by atoms with Crippen LogP contribution in [0, 0.1) is 0 Å². The second kappa shape index (κ2) is 5.97. The van der Waals surface area contributed by atoms with Gasteiger partial charge in [-0.05, 0) is 36.4 Å². The molecule has 3 rings (SSSR count). The van der Waals surface area contributed by atoms with Crippen LogP contribution in [0.1, 0.15) is 10.4 Å². The molecular formula is C15H13N3O2S. The first-order valence-electron chi connectivity index (χ1n) is 6.37. The predicted octanol–water partition coefficient (Wildman–Crippen LogP) is 2.85. The van der Waals surface area contributed by atoms with Gasteiger partial charge in [-0.15, -0.1) is 0 Å². The molecule has 0 fully saturated rings. The van der Waals surface area contributed by atoms with E-state index in [4.69, 9.17) is 4.74 Å². The second-order valence-electron chi connectivity index (χ2n) is 4.37. The summed E-state index contributed by atoms with van der Waals surface area (Å²) in [5, 5.41) is 4.99. The number of Topliss-reactive ketones (excluding diaryl/α,β-unsaturated/α-hetero) is 1. The van der Waals surface area contributed by atoms with Crippen LogP contribution in [-0.4, -0.2) is 29.3 Å². The number of rotatable bonds is 3. The van der Waals surface area contributed by atoms with Crippen LogP contribution in [0.5, 0.6) is 5.75 Å². The number of pyridine rings is 1. The molecule has 1 aliphatic rings. The lowest BCUT2D eigenvalue weighted by Crippen LogP contribution is -2.23. The number of hydrogen-bond donors (Lipinski definition) is 1. The van der Waals surface area contributed by atoms with Gasteiger partial charge in [-0.25, -0.2) is 4.98 Å². The predicted molar refractivity (Wildman–Crippen MR) is 83.3 cm³/mol. The van der Waals surface area contributed by atoms with Crippen molar-refractivity contribution < 1.29 is 9.53 Å². The number of nitrogens with one attached hydrogen (secondary N) is 1. The fourth-order valence-electron chi connectivity index (χ4n) is 1.92. The number of ketones is 1. The van der Waals surface area contributed by atoms with Gasteiger partial charge in [0, 0.05) is 11.9 Å². The number of fused-ring (bicyclic) bond motifs is 1. The maximum atomic E-state index is 12.3. The molecule has 0 atom stereocenters. The molecule has 0 saturated heterocycles. The minimum atomic E-state index is -0.0714. The average Bonchev–Trinajstić information content (AvgIpc) is 2.55. The molecule has 6 heteroatoms. The lowest BCUT2D eigenvalue weighted by molar-refractivity contribution is 0.106. The van der Waals surface area contributed by atoms with E-state index in [1.807, 2.05) is 24.3 Å². The quantitative estimate of drug-likeness (QED) is 0.883. The van der Waals surface area contributed by atoms with Crippen LogP contribution in [-0.2, 0) is 0 Å². The minimum absolute atomic E-state index is 0.0714. The van der Waals surface area contributed by atoms with Crippen LogP contribution in [0.15, 0.2) is 52.7 Å². The first kappa shape index (κ1) is 13.6. The lowest BCUT2D eigenvalue weighted by atomic mass is 10.1. The fourth-order valence-corrected chi connectivity index (χ4v) is 2.84. The summed E-state index contributed by atoms with van der Waals surface area (Å²) in [6.07, 6.45) is 1.69. The summed E-state index contributed by atoms with van der Waals surface area (Å²) < 4.78 is 5.09. The van der Waals surface area contributed by atoms with Crippen LogP contribution in [0.3, 0.4) is 0 Å². The number of benzene rings is 1. The van der Waals surface area contributed by atoms with E-state index in [-0.39, 0.29) is 5.78 Å². The standard InChI is InChI=1S/C15H13N3O2S/c1-20-11-6-4-10(5-7-11)17-18-13-9-21-15-12(14(13)19)3-2-8-16-15/h2-8,17H,9H2,1H3/b18-13+. The van der Waals surface area contributed by atoms with Crippen LogP contribution in [0.25, 0.3) is 0 Å². The molecule has 2 heterocycles. The maximum Gasteiger partial charge on any atom is 0.212 e. The number of hydrogen-bond acceptors (Lipinski definition) is 6. The van der Waals surface area contributed by atoms with E-state index in [1.165, 1.54) is 11.8 Å². The molecular weight excluding hydrogens is 286 g/mol. The maximum absolute atomic E-state index is 12.3. The number of carbonyl (C=O) groups excluding carboxylic acids is 1. The van der Waals surface area contributed by atoms with Crippen molar-refractivity contribution in [1.29, 1.82) is 0 Å². The van der Waals surface area contributed by atoms with Crippen molar-refractivity contribution in [3.05, 3.63) is 48.2 Å². The summed E-state index contributed by atoms with van der Waals surface area (Å²) in [6, 6.07) is 10.9. The zero-order valence-electron chi connectivity index (χ0n) is 11.4. The number of methoxy groups -OCH3 is 1. The van der Waals surface area contributed by atoms with Gasteiger partial charge in [-0.1, -0.05) is 11.8 Å². The molecule has 106 valence electrons. The van der Waals surface area contributed by atoms with Gasteiger partial charge in [0.1, 0.15) is 16.5 Å². The molecule has 1 aromatic carbocycles. The molecule has 1 aromatic heterocycles. The SMILES string of the molecule is COc1ccc(N/N=C2\CSc3ncccc3C2=O)cc1. The topological polar surface area (TPSA) is 63.6 Å². The molecule has 0 radical (unpaired) electrons. The Morgan fingerprint density at radius 2 is 2.10 bits per heavy atom. The Hall–Kier alpha value is -2.34. The Balaban J connectivity index is 1.76. The number of hydrazone groups is 1. The highest BCUT2D eigenvalue weighted by molar-refractivity contribution is 8.00. The molecule has 0 spiro atoms. The van der Waals surface area contributed by atoms with Crippen molar-refractivity contribution in [3.63, 3.8) is 0 Å². The monoisotopic (exact) mass is 299 g/mol. The third kappa shape index (κ3) is 2.90. The number of aromatic nitrogens is 1. The normalized spacial score (nSPS) is 15.7. The molecule has 0 bridgehead atoms. The van der Waals surface area contributed by atoms with Crippen molar-refractivity contribution in [2.75, 3.05) is 18.3 Å². The summed E-state index contributed by atoms with van der Waals surface area (Å²) in [6.45, 7) is 0. The van der Waals surface area contributed by atoms with Crippen molar-refractivity contribution in [3.8, 4) is 5.75 Å². The van der Waals surface area contributed by atoms with Gasteiger partial charge >= 0.3 is 0 Å². The van der Waals surface area contributed by atoms with E-state index < -0.39 is 0 Å². The summed E-state index contributed by atoms with van der Waals surface area (Å²) in [5.41, 5.74) is 4.82. The van der Waals surface area contributed by atoms with Crippen molar-refractivity contribution >= 4 is 28.9 Å². The molecule has 5 nitrogen and oxygen atoms in total. The van der Waals surface area contributed by atoms with E-state index in [1.54, 1.807) is 25.4 Å². The Bertz CT molecular complexity index is 698. The van der Waals surface area contributed by atoms with Gasteiger partial charge in [-0.2, -0.15) is 5.10 Å². The van der Waals surface area contributed by atoms with E-state index in [9.17, 15) is 4.79 Å². The Labute approximate surface area is 126 Å². The first-order valence-corrected chi connectivity index (χ1v) is 7.35. The number of anilines is 1. The van der Waals surface area contributed by atoms with Gasteiger partial charge in [-0.3, -0.25) is 10.2 Å². The zero-order valence-corrected chi connectivity index (χ0v) is 12.2. The van der Waals surface area contributed by atoms with Gasteiger partial charge in [0.05, 0.1) is 18.4 Å². The van der Waals surface area contributed by atoms with E-state index in [2.05, 4.69) is 15.5 Å². The summed E-state index contributed by atoms with van der Waals surface area (Å²) in [4.78, 5) is 16.5. The second-order valence-corrected chi connectivity index (χ2v) is 5.34. The third-order valence-corrected chi connectivity index (χ3v) is 4.05. The van der Waals surface area contributed by atoms with Crippen molar-refractivity contribution in [1.82, 2.24) is 4.98 Å². The number of nitrogens with zero attached hydrogens (tertiary/aromatic N) is 2. The Morgan fingerprint density at radius 1 is 1.29 bits per heavy atom. The van der Waals surface area contributed by atoms with Crippen LogP contribution in [0.2, 0.25) is 0 Å². The molecule has 2 aromatic rings. The van der Waals surface area contributed by atoms with E-state index >= 15 is 0 Å². The summed E-state index contributed by atoms with van der Waals surface area (Å²) in [5.74, 6) is 1.22. The largest absolute Gasteiger partial charge is 0.497 e. The highest BCUT2D eigenvalue weighted by Gasteiger charge is 2.24. The molecule has 1 N–H and O–H groups in total. The minimum Gasteiger partial charge on any atom is -0.497 e. The highest BCUT2D eigenvalue weighted by atomic mass is 32.2. The summed E-state index contributed by atoms with van der Waals surface area (Å²) in [7, 11) is 1.62. The molecule has 0 amide bonds. The van der Waals surface area contributed by atoms with Crippen molar-refractivity contribution in [2.24, 2.45) is 5.10 Å². The Morgan fingerprint density at radius 3 is 2.86 bits per heavy atom. The van der Waals surface area contributed by atoms with Crippen LogP contribution < -0.4 is 10.2 Å². The molecule has 1 aliphatic heterocycles. The van der Waals surface area contributed by atoms with E-state index in [0.717, 1.165) is 16.5 Å². The molecule has 0 saturated carbocycles. The number of thioether (sulfide) groups is 1. The molecule has 0 aliphatic carbocycles. The van der Waals surface area contributed by atoms with Gasteiger partial charge in [0.2, 0.25) is 5.78 Å². The van der Waals surface area contributed by atoms with Gasteiger partial charge < -0.3 is 4.74 Å². The highest BCUT2D eigenvalue weighted by Crippen LogP contribution is 2.26. The van der Waals surface area contributed by atoms with Gasteiger partial charge in [0.15, 0.2) is 0 Å². The van der Waals surface area contributed by atoms with Crippen molar-refractivity contribution in [2.45, 2.75) is 5.03 Å².